The van der Waals surface area contributed by atoms with E-state index in [0.29, 0.717) is 5.25 Å². The van der Waals surface area contributed by atoms with E-state index in [0.717, 1.165) is 25.0 Å². The minimum atomic E-state index is -0.729. The molecule has 0 bridgehead atoms. The van der Waals surface area contributed by atoms with Crippen molar-refractivity contribution >= 4 is 45.4 Å². The van der Waals surface area contributed by atoms with Gasteiger partial charge < -0.3 is 15.7 Å². The van der Waals surface area contributed by atoms with Crippen LogP contribution in [0, 0.1) is 0 Å². The number of thioether (sulfide) groups is 1. The molecule has 156 valence electrons. The van der Waals surface area contributed by atoms with Gasteiger partial charge in [-0.15, -0.1) is 0 Å². The molecular formula is C19H34N2O3S3. The van der Waals surface area contributed by atoms with Crippen LogP contribution in [-0.4, -0.2) is 45.9 Å². The topological polar surface area (TPSA) is 78.4 Å². The second-order valence-electron chi connectivity index (χ2n) is 6.72. The Balaban J connectivity index is 0.000000271. The van der Waals surface area contributed by atoms with Crippen molar-refractivity contribution in [2.24, 2.45) is 0 Å². The van der Waals surface area contributed by atoms with Crippen LogP contribution in [0.4, 0.5) is 4.79 Å². The normalized spacial score (nSPS) is 24.8. The van der Waals surface area contributed by atoms with Crippen molar-refractivity contribution in [3.05, 3.63) is 11.5 Å². The van der Waals surface area contributed by atoms with Crippen molar-refractivity contribution in [3.8, 4) is 0 Å². The Morgan fingerprint density at radius 1 is 1.19 bits per heavy atom. The van der Waals surface area contributed by atoms with Crippen LogP contribution in [0.25, 0.3) is 0 Å². The minimum Gasteiger partial charge on any atom is -0.481 e. The van der Waals surface area contributed by atoms with Crippen LogP contribution >= 0.6 is 33.3 Å². The fourth-order valence-electron chi connectivity index (χ4n) is 2.96. The van der Waals surface area contributed by atoms with Gasteiger partial charge >= 0.3 is 12.0 Å². The summed E-state index contributed by atoms with van der Waals surface area (Å²) in [6.07, 6.45) is 10.6. The highest BCUT2D eigenvalue weighted by molar-refractivity contribution is 8.78. The molecule has 3 aliphatic rings. The van der Waals surface area contributed by atoms with Crippen LogP contribution in [0.1, 0.15) is 65.2 Å². The zero-order chi connectivity index (χ0) is 19.9. The number of carboxylic acids is 1. The summed E-state index contributed by atoms with van der Waals surface area (Å²) in [6.45, 7) is 4.46. The number of carboxylic acid groups (broad SMARTS) is 1. The van der Waals surface area contributed by atoms with Gasteiger partial charge in [0.25, 0.3) is 0 Å². The molecule has 8 heteroatoms. The highest BCUT2D eigenvalue weighted by Gasteiger charge is 2.42. The summed E-state index contributed by atoms with van der Waals surface area (Å²) in [4.78, 5) is 21.5. The fourth-order valence-corrected chi connectivity index (χ4v) is 6.08. The Kier molecular flexibility index (Phi) is 14.1. The number of amides is 2. The lowest BCUT2D eigenvalue weighted by Crippen LogP contribution is -2.36. The maximum Gasteiger partial charge on any atom is 0.315 e. The van der Waals surface area contributed by atoms with Gasteiger partial charge in [0.2, 0.25) is 0 Å². The summed E-state index contributed by atoms with van der Waals surface area (Å²) in [5.74, 6) is 1.44. The molecule has 0 radical (unpaired) electrons. The number of urea groups is 1. The molecule has 3 atom stereocenters. The van der Waals surface area contributed by atoms with Crippen LogP contribution in [-0.2, 0) is 4.79 Å². The Labute approximate surface area is 176 Å². The molecule has 27 heavy (non-hydrogen) atoms. The van der Waals surface area contributed by atoms with Crippen molar-refractivity contribution in [2.75, 3.05) is 11.5 Å². The lowest BCUT2D eigenvalue weighted by atomic mass is 10.0. The highest BCUT2D eigenvalue weighted by Crippen LogP contribution is 2.33. The van der Waals surface area contributed by atoms with Gasteiger partial charge in [0.05, 0.1) is 12.1 Å². The van der Waals surface area contributed by atoms with E-state index in [4.69, 9.17) is 5.11 Å². The van der Waals surface area contributed by atoms with E-state index in [1.807, 2.05) is 33.3 Å². The van der Waals surface area contributed by atoms with Gasteiger partial charge in [-0.2, -0.15) is 11.8 Å². The van der Waals surface area contributed by atoms with Gasteiger partial charge in [0.1, 0.15) is 0 Å². The summed E-state index contributed by atoms with van der Waals surface area (Å²) in [5.41, 5.74) is 0. The largest absolute Gasteiger partial charge is 0.481 e. The standard InChI is InChI=1S/C10H16N2O3S.C6H14.C3H4S2/c13-8(14)4-2-1-3-7-9-6(5-16-7)11-10(15)12-9;1-3-5-6-4-2;1-2-4-5-3-1/h6-7,9H,1-5H2,(H,13,14)(H2,11,12,15);3-6H2,1-2H3;1-2H,3H2/t6-,7-,9-;;/m0../s1. The minimum absolute atomic E-state index is 0.0640. The molecule has 0 aliphatic carbocycles. The van der Waals surface area contributed by atoms with Gasteiger partial charge in [-0.3, -0.25) is 4.79 Å². The summed E-state index contributed by atoms with van der Waals surface area (Å²) < 4.78 is 0. The number of hydrogen-bond donors (Lipinski definition) is 3. The monoisotopic (exact) mass is 434 g/mol. The molecular weight excluding hydrogens is 400 g/mol. The number of carbonyl (C=O) groups is 2. The number of unbranched alkanes of at least 4 members (excludes halogenated alkanes) is 4. The van der Waals surface area contributed by atoms with Crippen LogP contribution in [0.5, 0.6) is 0 Å². The van der Waals surface area contributed by atoms with Gasteiger partial charge in [-0.25, -0.2) is 4.79 Å². The molecule has 0 spiro atoms. The van der Waals surface area contributed by atoms with E-state index in [2.05, 4.69) is 36.0 Å². The molecule has 3 N–H and O–H groups in total. The van der Waals surface area contributed by atoms with Gasteiger partial charge in [0, 0.05) is 23.2 Å². The smallest absolute Gasteiger partial charge is 0.315 e. The number of fused-ring (bicyclic) bond motifs is 1. The molecule has 3 aliphatic heterocycles. The van der Waals surface area contributed by atoms with Crippen LogP contribution in [0.2, 0.25) is 0 Å². The lowest BCUT2D eigenvalue weighted by Gasteiger charge is -2.16. The maximum atomic E-state index is 11.1. The number of nitrogens with one attached hydrogen (secondary N) is 2. The quantitative estimate of drug-likeness (QED) is 0.274. The average molecular weight is 435 g/mol. The first-order valence-electron chi connectivity index (χ1n) is 9.92. The number of carbonyl (C=O) groups excluding carboxylic acids is 1. The molecule has 2 fully saturated rings. The number of hydrogen-bond acceptors (Lipinski definition) is 5. The third-order valence-corrected chi connectivity index (χ3v) is 7.84. The average Bonchev–Trinajstić information content (AvgIpc) is 3.38. The summed E-state index contributed by atoms with van der Waals surface area (Å²) >= 11 is 1.87. The second-order valence-corrected chi connectivity index (χ2v) is 10.3. The zero-order valence-electron chi connectivity index (χ0n) is 16.4. The molecule has 0 unspecified atom stereocenters. The summed E-state index contributed by atoms with van der Waals surface area (Å²) in [5, 5.41) is 16.9. The Bertz CT molecular complexity index is 453. The zero-order valence-corrected chi connectivity index (χ0v) is 18.9. The lowest BCUT2D eigenvalue weighted by molar-refractivity contribution is -0.137. The van der Waals surface area contributed by atoms with Crippen molar-refractivity contribution in [3.63, 3.8) is 0 Å². The maximum absolute atomic E-state index is 11.1. The highest BCUT2D eigenvalue weighted by atomic mass is 33.1. The predicted octanol–water partition coefficient (Wildman–Crippen LogP) is 5.28. The molecule has 5 nitrogen and oxygen atoms in total. The molecule has 2 amide bonds. The van der Waals surface area contributed by atoms with Gasteiger partial charge in [0.15, 0.2) is 0 Å². The first-order chi connectivity index (χ1) is 13.1. The van der Waals surface area contributed by atoms with Crippen molar-refractivity contribution in [1.29, 1.82) is 0 Å². The van der Waals surface area contributed by atoms with Gasteiger partial charge in [-0.05, 0) is 18.2 Å². The van der Waals surface area contributed by atoms with E-state index in [9.17, 15) is 9.59 Å². The van der Waals surface area contributed by atoms with E-state index in [1.54, 1.807) is 0 Å². The Hall–Kier alpha value is -0.470. The first kappa shape index (κ1) is 24.6. The molecule has 0 aromatic rings. The van der Waals surface area contributed by atoms with Crippen molar-refractivity contribution in [2.45, 2.75) is 82.5 Å². The predicted molar refractivity (Wildman–Crippen MR) is 121 cm³/mol. The van der Waals surface area contributed by atoms with E-state index in [1.165, 1.54) is 31.4 Å². The summed E-state index contributed by atoms with van der Waals surface area (Å²) in [7, 11) is 3.69. The molecule has 2 saturated heterocycles. The van der Waals surface area contributed by atoms with Crippen LogP contribution in [0.15, 0.2) is 11.5 Å². The van der Waals surface area contributed by atoms with Gasteiger partial charge in [-0.1, -0.05) is 73.6 Å². The summed E-state index contributed by atoms with van der Waals surface area (Å²) in [6, 6.07) is 0.440. The van der Waals surface area contributed by atoms with Crippen LogP contribution < -0.4 is 10.6 Å². The molecule has 0 aromatic heterocycles. The van der Waals surface area contributed by atoms with Crippen LogP contribution in [0.3, 0.4) is 0 Å². The second kappa shape index (κ2) is 15.5. The number of rotatable bonds is 8. The SMILES string of the molecule is C1=CSSC1.CCCCCC.O=C(O)CCCC[C@@H]1SC[C@@H]2NC(=O)N[C@@H]21. The first-order valence-corrected chi connectivity index (χ1v) is 13.3. The number of aliphatic carboxylic acids is 1. The third-order valence-electron chi connectivity index (χ3n) is 4.41. The fraction of sp³-hybridized carbons (Fsp3) is 0.789. The third kappa shape index (κ3) is 11.2. The van der Waals surface area contributed by atoms with Crippen molar-refractivity contribution in [1.82, 2.24) is 10.6 Å². The van der Waals surface area contributed by atoms with E-state index < -0.39 is 5.97 Å². The van der Waals surface area contributed by atoms with Crippen molar-refractivity contribution < 1.29 is 14.7 Å². The Morgan fingerprint density at radius 2 is 1.93 bits per heavy atom. The molecule has 3 rings (SSSR count). The Morgan fingerprint density at radius 3 is 2.44 bits per heavy atom. The van der Waals surface area contributed by atoms with E-state index in [-0.39, 0.29) is 24.5 Å². The molecule has 3 heterocycles. The van der Waals surface area contributed by atoms with E-state index >= 15 is 0 Å². The molecule has 0 saturated carbocycles. The molecule has 0 aromatic carbocycles.